The second kappa shape index (κ2) is 12.4. The Kier molecular flexibility index (Phi) is 8.99. The number of esters is 1. The Morgan fingerprint density at radius 3 is 2.38 bits per heavy atom. The normalized spacial score (nSPS) is 10.4. The second-order valence-corrected chi connectivity index (χ2v) is 7.39. The zero-order chi connectivity index (χ0) is 22.6. The van der Waals surface area contributed by atoms with Crippen LogP contribution in [0.2, 0.25) is 0 Å². The van der Waals surface area contributed by atoms with Crippen molar-refractivity contribution in [3.8, 4) is 23.0 Å². The van der Waals surface area contributed by atoms with Crippen molar-refractivity contribution in [3.05, 3.63) is 83.9 Å². The smallest absolute Gasteiger partial charge is 0.309 e. The maximum Gasteiger partial charge on any atom is 0.309 e. The van der Waals surface area contributed by atoms with Gasteiger partial charge < -0.3 is 18.9 Å². The highest BCUT2D eigenvalue weighted by molar-refractivity contribution is 5.72. The Morgan fingerprint density at radius 2 is 1.59 bits per heavy atom. The summed E-state index contributed by atoms with van der Waals surface area (Å²) in [4.78, 5) is 11.4. The Labute approximate surface area is 189 Å². The molecule has 0 radical (unpaired) electrons. The van der Waals surface area contributed by atoms with Gasteiger partial charge in [-0.25, -0.2) is 0 Å². The van der Waals surface area contributed by atoms with E-state index in [-0.39, 0.29) is 12.4 Å². The van der Waals surface area contributed by atoms with Crippen LogP contribution < -0.4 is 14.2 Å². The van der Waals surface area contributed by atoms with Crippen molar-refractivity contribution in [2.45, 2.75) is 32.6 Å². The molecule has 0 aliphatic heterocycles. The molecule has 0 fully saturated rings. The number of hydrogen-bond donors (Lipinski definition) is 0. The lowest BCUT2D eigenvalue weighted by molar-refractivity contribution is -0.139. The summed E-state index contributed by atoms with van der Waals surface area (Å²) in [6.07, 6.45) is 2.96. The molecule has 0 aromatic heterocycles. The molecule has 0 spiro atoms. The van der Waals surface area contributed by atoms with Crippen LogP contribution in [0.5, 0.6) is 23.0 Å². The molecule has 3 aromatic carbocycles. The maximum atomic E-state index is 11.4. The van der Waals surface area contributed by atoms with E-state index in [1.165, 1.54) is 12.7 Å². The van der Waals surface area contributed by atoms with Gasteiger partial charge in [-0.15, -0.1) is 0 Å². The third-order valence-electron chi connectivity index (χ3n) is 4.83. The van der Waals surface area contributed by atoms with Crippen LogP contribution in [-0.4, -0.2) is 26.3 Å². The van der Waals surface area contributed by atoms with Crippen molar-refractivity contribution in [2.24, 2.45) is 0 Å². The van der Waals surface area contributed by atoms with Gasteiger partial charge in [-0.1, -0.05) is 49.7 Å². The molecule has 3 rings (SSSR count). The third-order valence-corrected chi connectivity index (χ3v) is 4.83. The number of benzene rings is 3. The molecule has 0 saturated heterocycles. The summed E-state index contributed by atoms with van der Waals surface area (Å²) in [6.45, 7) is 3.21. The highest BCUT2D eigenvalue weighted by Gasteiger charge is 2.08. The minimum absolute atomic E-state index is 0.235. The molecular formula is C27H30O5. The highest BCUT2D eigenvalue weighted by Crippen LogP contribution is 2.29. The molecule has 5 nitrogen and oxygen atoms in total. The Bertz CT molecular complexity index is 984. The van der Waals surface area contributed by atoms with E-state index in [9.17, 15) is 4.79 Å². The van der Waals surface area contributed by atoms with Gasteiger partial charge in [0.05, 0.1) is 26.7 Å². The van der Waals surface area contributed by atoms with Gasteiger partial charge in [0.25, 0.3) is 0 Å². The van der Waals surface area contributed by atoms with E-state index in [4.69, 9.17) is 18.9 Å². The SMILES string of the molecule is CCCc1ccc(Oc2ccccc2)cc1OCCCOc1cccc(CC(=O)OC)c1. The number of para-hydroxylation sites is 1. The molecule has 0 heterocycles. The zero-order valence-electron chi connectivity index (χ0n) is 18.7. The lowest BCUT2D eigenvalue weighted by Crippen LogP contribution is -2.07. The molecule has 0 atom stereocenters. The van der Waals surface area contributed by atoms with Crippen molar-refractivity contribution in [1.82, 2.24) is 0 Å². The first-order chi connectivity index (χ1) is 15.7. The maximum absolute atomic E-state index is 11.4. The summed E-state index contributed by atoms with van der Waals surface area (Å²) in [5.41, 5.74) is 2.04. The van der Waals surface area contributed by atoms with Crippen LogP contribution >= 0.6 is 0 Å². The van der Waals surface area contributed by atoms with Crippen LogP contribution in [0.15, 0.2) is 72.8 Å². The molecule has 0 aliphatic rings. The molecule has 168 valence electrons. The van der Waals surface area contributed by atoms with Gasteiger partial charge in [0.1, 0.15) is 23.0 Å². The molecule has 0 amide bonds. The number of aryl methyl sites for hydroxylation is 1. The van der Waals surface area contributed by atoms with Crippen LogP contribution in [0, 0.1) is 0 Å². The average Bonchev–Trinajstić information content (AvgIpc) is 2.81. The Balaban J connectivity index is 1.51. The first kappa shape index (κ1) is 23.2. The van der Waals surface area contributed by atoms with Gasteiger partial charge in [-0.2, -0.15) is 0 Å². The summed E-state index contributed by atoms with van der Waals surface area (Å²) in [7, 11) is 1.39. The number of carbonyl (C=O) groups excluding carboxylic acids is 1. The summed E-state index contributed by atoms with van der Waals surface area (Å²) < 4.78 is 22.6. The van der Waals surface area contributed by atoms with E-state index in [1.54, 1.807) is 0 Å². The number of hydrogen-bond acceptors (Lipinski definition) is 5. The number of methoxy groups -OCH3 is 1. The fourth-order valence-electron chi connectivity index (χ4n) is 3.25. The lowest BCUT2D eigenvalue weighted by Gasteiger charge is -2.14. The van der Waals surface area contributed by atoms with Crippen LogP contribution in [0.4, 0.5) is 0 Å². The molecule has 0 N–H and O–H groups in total. The van der Waals surface area contributed by atoms with E-state index in [2.05, 4.69) is 13.0 Å². The average molecular weight is 435 g/mol. The van der Waals surface area contributed by atoms with Crippen LogP contribution in [0.1, 0.15) is 30.9 Å². The van der Waals surface area contributed by atoms with E-state index in [1.807, 2.05) is 66.7 Å². The number of ether oxygens (including phenoxy) is 4. The van der Waals surface area contributed by atoms with Gasteiger partial charge in [0.15, 0.2) is 0 Å². The summed E-state index contributed by atoms with van der Waals surface area (Å²) in [5.74, 6) is 2.86. The van der Waals surface area contributed by atoms with Gasteiger partial charge in [0, 0.05) is 12.5 Å². The molecule has 0 unspecified atom stereocenters. The highest BCUT2D eigenvalue weighted by atomic mass is 16.5. The minimum Gasteiger partial charge on any atom is -0.493 e. The van der Waals surface area contributed by atoms with Crippen molar-refractivity contribution >= 4 is 5.97 Å². The minimum atomic E-state index is -0.267. The quantitative estimate of drug-likeness (QED) is 0.259. The molecule has 5 heteroatoms. The zero-order valence-corrected chi connectivity index (χ0v) is 18.7. The van der Waals surface area contributed by atoms with Gasteiger partial charge in [-0.3, -0.25) is 4.79 Å². The summed E-state index contributed by atoms with van der Waals surface area (Å²) in [5, 5.41) is 0. The molecular weight excluding hydrogens is 404 g/mol. The van der Waals surface area contributed by atoms with E-state index in [0.29, 0.717) is 13.2 Å². The van der Waals surface area contributed by atoms with Crippen molar-refractivity contribution in [2.75, 3.05) is 20.3 Å². The molecule has 3 aromatic rings. The third kappa shape index (κ3) is 7.34. The van der Waals surface area contributed by atoms with Crippen molar-refractivity contribution < 1.29 is 23.7 Å². The van der Waals surface area contributed by atoms with E-state index >= 15 is 0 Å². The largest absolute Gasteiger partial charge is 0.493 e. The summed E-state index contributed by atoms with van der Waals surface area (Å²) in [6, 6.07) is 23.2. The summed E-state index contributed by atoms with van der Waals surface area (Å²) >= 11 is 0. The van der Waals surface area contributed by atoms with Gasteiger partial charge in [-0.05, 0) is 47.9 Å². The van der Waals surface area contributed by atoms with Crippen LogP contribution in [0.25, 0.3) is 0 Å². The van der Waals surface area contributed by atoms with E-state index in [0.717, 1.165) is 47.8 Å². The monoisotopic (exact) mass is 434 g/mol. The first-order valence-corrected chi connectivity index (χ1v) is 10.9. The Morgan fingerprint density at radius 1 is 0.812 bits per heavy atom. The van der Waals surface area contributed by atoms with Gasteiger partial charge in [0.2, 0.25) is 0 Å². The number of carbonyl (C=O) groups is 1. The van der Waals surface area contributed by atoms with E-state index < -0.39 is 0 Å². The van der Waals surface area contributed by atoms with Crippen molar-refractivity contribution in [3.63, 3.8) is 0 Å². The second-order valence-electron chi connectivity index (χ2n) is 7.39. The predicted molar refractivity (Wildman–Crippen MR) is 125 cm³/mol. The van der Waals surface area contributed by atoms with Crippen molar-refractivity contribution in [1.29, 1.82) is 0 Å². The molecule has 0 aliphatic carbocycles. The van der Waals surface area contributed by atoms with Crippen LogP contribution in [0.3, 0.4) is 0 Å². The molecule has 0 saturated carbocycles. The predicted octanol–water partition coefficient (Wildman–Crippen LogP) is 5.99. The number of rotatable bonds is 12. The van der Waals surface area contributed by atoms with Gasteiger partial charge >= 0.3 is 5.97 Å². The Hall–Kier alpha value is -3.47. The topological polar surface area (TPSA) is 54.0 Å². The fourth-order valence-corrected chi connectivity index (χ4v) is 3.25. The lowest BCUT2D eigenvalue weighted by atomic mass is 10.1. The first-order valence-electron chi connectivity index (χ1n) is 10.9. The molecule has 0 bridgehead atoms. The standard InChI is InChI=1S/C27H30O5/c1-3-9-22-14-15-25(32-23-11-5-4-6-12-23)20-26(22)31-17-8-16-30-24-13-7-10-21(18-24)19-27(28)29-2/h4-7,10-15,18,20H,3,8-9,16-17,19H2,1-2H3. The molecule has 32 heavy (non-hydrogen) atoms. The fraction of sp³-hybridized carbons (Fsp3) is 0.296. The van der Waals surface area contributed by atoms with Crippen LogP contribution in [-0.2, 0) is 22.4 Å².